The first-order chi connectivity index (χ1) is 9.54. The number of carbonyl (C=O) groups excluding carboxylic acids is 1. The van der Waals surface area contributed by atoms with Gasteiger partial charge in [0.15, 0.2) is 0 Å². The number of hydrogen-bond donors (Lipinski definition) is 1. The van der Waals surface area contributed by atoms with Crippen molar-refractivity contribution in [2.24, 2.45) is 5.92 Å². The summed E-state index contributed by atoms with van der Waals surface area (Å²) in [5.41, 5.74) is 1.93. The maximum absolute atomic E-state index is 12.2. The van der Waals surface area contributed by atoms with E-state index in [9.17, 15) is 4.79 Å². The second kappa shape index (κ2) is 5.48. The number of aryl methyl sites for hydroxylation is 1. The van der Waals surface area contributed by atoms with Gasteiger partial charge in [-0.05, 0) is 61.6 Å². The van der Waals surface area contributed by atoms with Gasteiger partial charge >= 0.3 is 0 Å². The van der Waals surface area contributed by atoms with Crippen LogP contribution in [0.3, 0.4) is 0 Å². The highest BCUT2D eigenvalue weighted by Gasteiger charge is 2.34. The molecule has 3 aliphatic rings. The zero-order chi connectivity index (χ0) is 14.3. The quantitative estimate of drug-likeness (QED) is 0.906. The Kier molecular flexibility index (Phi) is 3.86. The Bertz CT molecular complexity index is 519. The van der Waals surface area contributed by atoms with Crippen LogP contribution in [0.15, 0.2) is 4.47 Å². The third-order valence-electron chi connectivity index (χ3n) is 4.59. The Morgan fingerprint density at radius 1 is 1.40 bits per heavy atom. The number of piperidine rings is 3. The van der Waals surface area contributed by atoms with Crippen molar-refractivity contribution in [1.29, 1.82) is 0 Å². The Morgan fingerprint density at radius 3 is 2.60 bits per heavy atom. The molecule has 1 N–H and O–H groups in total. The molecular formula is C14H21BrN4O. The van der Waals surface area contributed by atoms with Gasteiger partial charge in [0.2, 0.25) is 5.91 Å². The normalized spacial score (nSPS) is 28.6. The van der Waals surface area contributed by atoms with Crippen molar-refractivity contribution in [2.75, 3.05) is 19.6 Å². The maximum Gasteiger partial charge on any atom is 0.242 e. The van der Waals surface area contributed by atoms with E-state index in [0.717, 1.165) is 22.4 Å². The van der Waals surface area contributed by atoms with Crippen molar-refractivity contribution in [2.45, 2.75) is 39.3 Å². The molecule has 1 atom stereocenters. The summed E-state index contributed by atoms with van der Waals surface area (Å²) in [6, 6.07) is 0.324. The number of halogens is 1. The van der Waals surface area contributed by atoms with Gasteiger partial charge < -0.3 is 10.2 Å². The Hall–Kier alpha value is -0.880. The zero-order valence-electron chi connectivity index (χ0n) is 12.0. The molecule has 3 fully saturated rings. The van der Waals surface area contributed by atoms with Crippen LogP contribution >= 0.6 is 15.9 Å². The van der Waals surface area contributed by atoms with Gasteiger partial charge in [-0.25, -0.2) is 0 Å². The van der Waals surface area contributed by atoms with Gasteiger partial charge in [0.25, 0.3) is 0 Å². The lowest BCUT2D eigenvalue weighted by Crippen LogP contribution is -2.57. The highest BCUT2D eigenvalue weighted by Crippen LogP contribution is 2.27. The molecule has 0 saturated carbocycles. The summed E-state index contributed by atoms with van der Waals surface area (Å²) >= 11 is 3.49. The van der Waals surface area contributed by atoms with Gasteiger partial charge in [-0.3, -0.25) is 9.48 Å². The molecule has 1 amide bonds. The van der Waals surface area contributed by atoms with E-state index >= 15 is 0 Å². The number of rotatable bonds is 3. The monoisotopic (exact) mass is 340 g/mol. The minimum Gasteiger partial charge on any atom is -0.350 e. The molecule has 1 aromatic rings. The van der Waals surface area contributed by atoms with Gasteiger partial charge in [0, 0.05) is 12.6 Å². The first-order valence-electron chi connectivity index (χ1n) is 7.26. The van der Waals surface area contributed by atoms with E-state index in [0.29, 0.717) is 18.5 Å². The minimum absolute atomic E-state index is 0.0712. The zero-order valence-corrected chi connectivity index (χ0v) is 13.6. The summed E-state index contributed by atoms with van der Waals surface area (Å²) in [4.78, 5) is 14.7. The highest BCUT2D eigenvalue weighted by atomic mass is 79.9. The number of aromatic nitrogens is 2. The van der Waals surface area contributed by atoms with E-state index in [-0.39, 0.29) is 5.91 Å². The largest absolute Gasteiger partial charge is 0.350 e. The predicted octanol–water partition coefficient (Wildman–Crippen LogP) is 1.47. The molecule has 1 unspecified atom stereocenters. The number of amides is 1. The van der Waals surface area contributed by atoms with Gasteiger partial charge in [0.05, 0.1) is 15.9 Å². The molecule has 0 radical (unpaired) electrons. The molecule has 5 nitrogen and oxygen atoms in total. The highest BCUT2D eigenvalue weighted by molar-refractivity contribution is 9.10. The molecule has 0 aliphatic carbocycles. The maximum atomic E-state index is 12.2. The lowest BCUT2D eigenvalue weighted by Gasteiger charge is -2.44. The molecule has 2 bridgehead atoms. The van der Waals surface area contributed by atoms with Gasteiger partial charge in [0.1, 0.15) is 6.54 Å². The molecule has 3 aliphatic heterocycles. The standard InChI is InChI=1S/C14H21BrN4O/c1-9-14(15)10(2)19(17-9)8-13(20)16-12-7-18-5-3-11(12)4-6-18/h11-12H,3-8H2,1-2H3,(H,16,20). The fourth-order valence-corrected chi connectivity index (χ4v) is 3.63. The number of nitrogens with zero attached hydrogens (tertiary/aromatic N) is 3. The predicted molar refractivity (Wildman–Crippen MR) is 80.5 cm³/mol. The van der Waals surface area contributed by atoms with Crippen molar-refractivity contribution in [3.05, 3.63) is 15.9 Å². The van der Waals surface area contributed by atoms with E-state index in [2.05, 4.69) is 31.2 Å². The van der Waals surface area contributed by atoms with E-state index in [1.807, 2.05) is 13.8 Å². The second-order valence-electron chi connectivity index (χ2n) is 5.95. The van der Waals surface area contributed by atoms with Crippen LogP contribution < -0.4 is 5.32 Å². The van der Waals surface area contributed by atoms with Crippen molar-refractivity contribution in [3.8, 4) is 0 Å². The minimum atomic E-state index is 0.0712. The fraction of sp³-hybridized carbons (Fsp3) is 0.714. The lowest BCUT2D eigenvalue weighted by atomic mass is 9.84. The number of carbonyl (C=O) groups is 1. The molecular weight excluding hydrogens is 320 g/mol. The lowest BCUT2D eigenvalue weighted by molar-refractivity contribution is -0.124. The second-order valence-corrected chi connectivity index (χ2v) is 6.75. The van der Waals surface area contributed by atoms with E-state index in [4.69, 9.17) is 0 Å². The average molecular weight is 341 g/mol. The molecule has 6 heteroatoms. The van der Waals surface area contributed by atoms with Crippen LogP contribution in [0.2, 0.25) is 0 Å². The van der Waals surface area contributed by atoms with Crippen LogP contribution in [0.25, 0.3) is 0 Å². The molecule has 0 spiro atoms. The van der Waals surface area contributed by atoms with Crippen LogP contribution in [-0.4, -0.2) is 46.3 Å². The summed E-state index contributed by atoms with van der Waals surface area (Å²) < 4.78 is 2.77. The topological polar surface area (TPSA) is 50.2 Å². The fourth-order valence-electron chi connectivity index (χ4n) is 3.35. The average Bonchev–Trinajstić information content (AvgIpc) is 2.67. The molecule has 4 heterocycles. The number of hydrogen-bond acceptors (Lipinski definition) is 3. The summed E-state index contributed by atoms with van der Waals surface area (Å²) in [5.74, 6) is 0.734. The first-order valence-corrected chi connectivity index (χ1v) is 8.05. The van der Waals surface area contributed by atoms with Crippen molar-refractivity contribution >= 4 is 21.8 Å². The first kappa shape index (κ1) is 14.1. The van der Waals surface area contributed by atoms with Crippen LogP contribution in [0.4, 0.5) is 0 Å². The van der Waals surface area contributed by atoms with E-state index < -0.39 is 0 Å². The summed E-state index contributed by atoms with van der Waals surface area (Å²) in [5, 5.41) is 7.59. The number of nitrogens with one attached hydrogen (secondary N) is 1. The third kappa shape index (κ3) is 2.63. The number of fused-ring (bicyclic) bond motifs is 3. The summed E-state index contributed by atoms with van der Waals surface area (Å²) in [7, 11) is 0. The molecule has 4 rings (SSSR count). The molecule has 20 heavy (non-hydrogen) atoms. The van der Waals surface area contributed by atoms with Gasteiger partial charge in [-0.1, -0.05) is 0 Å². The Balaban J connectivity index is 1.61. The van der Waals surface area contributed by atoms with Crippen molar-refractivity contribution < 1.29 is 4.79 Å². The van der Waals surface area contributed by atoms with Crippen LogP contribution in [0.1, 0.15) is 24.2 Å². The molecule has 110 valence electrons. The van der Waals surface area contributed by atoms with Crippen LogP contribution in [-0.2, 0) is 11.3 Å². The van der Waals surface area contributed by atoms with Crippen LogP contribution in [0, 0.1) is 19.8 Å². The van der Waals surface area contributed by atoms with Gasteiger partial charge in [-0.15, -0.1) is 0 Å². The third-order valence-corrected chi connectivity index (χ3v) is 5.74. The van der Waals surface area contributed by atoms with Crippen LogP contribution in [0.5, 0.6) is 0 Å². The smallest absolute Gasteiger partial charge is 0.242 e. The summed E-state index contributed by atoms with van der Waals surface area (Å²) in [6.07, 6.45) is 2.44. The molecule has 1 aromatic heterocycles. The molecule has 0 aromatic carbocycles. The Labute approximate surface area is 127 Å². The summed E-state index contributed by atoms with van der Waals surface area (Å²) in [6.45, 7) is 7.63. The van der Waals surface area contributed by atoms with Gasteiger partial charge in [-0.2, -0.15) is 5.10 Å². The van der Waals surface area contributed by atoms with E-state index in [1.54, 1.807) is 4.68 Å². The van der Waals surface area contributed by atoms with Crippen molar-refractivity contribution in [1.82, 2.24) is 20.0 Å². The van der Waals surface area contributed by atoms with E-state index in [1.165, 1.54) is 25.9 Å². The molecule has 3 saturated heterocycles. The van der Waals surface area contributed by atoms with Crippen molar-refractivity contribution in [3.63, 3.8) is 0 Å². The SMILES string of the molecule is Cc1nn(CC(=O)NC2CN3CCC2CC3)c(C)c1Br. The Morgan fingerprint density at radius 2 is 2.10 bits per heavy atom.